The Bertz CT molecular complexity index is 506. The Balaban J connectivity index is 0.00000161. The Labute approximate surface area is 132 Å². The summed E-state index contributed by atoms with van der Waals surface area (Å²) in [5.41, 5.74) is 1.87. The molecule has 1 aromatic rings. The summed E-state index contributed by atoms with van der Waals surface area (Å²) in [6.45, 7) is 1.72. The van der Waals surface area contributed by atoms with Gasteiger partial charge in [0.25, 0.3) is 5.91 Å². The number of carbonyl (C=O) groups excluding carboxylic acids is 1. The Morgan fingerprint density at radius 1 is 1.24 bits per heavy atom. The van der Waals surface area contributed by atoms with Crippen LogP contribution in [0.1, 0.15) is 29.6 Å². The fourth-order valence-corrected chi connectivity index (χ4v) is 3.23. The lowest BCUT2D eigenvalue weighted by Gasteiger charge is -2.25. The molecule has 2 bridgehead atoms. The van der Waals surface area contributed by atoms with Gasteiger partial charge in [-0.15, -0.1) is 12.4 Å². The van der Waals surface area contributed by atoms with Crippen molar-refractivity contribution < 1.29 is 4.79 Å². The van der Waals surface area contributed by atoms with E-state index in [9.17, 15) is 4.79 Å². The average Bonchev–Trinajstić information content (AvgIpc) is 2.78. The van der Waals surface area contributed by atoms with E-state index in [1.165, 1.54) is 12.8 Å². The van der Waals surface area contributed by atoms with Crippen LogP contribution in [-0.4, -0.2) is 50.1 Å². The number of hydrogen-bond acceptors (Lipinski definition) is 3. The van der Waals surface area contributed by atoms with Gasteiger partial charge in [-0.05, 0) is 37.5 Å². The van der Waals surface area contributed by atoms with Crippen molar-refractivity contribution in [2.45, 2.75) is 31.3 Å². The van der Waals surface area contributed by atoms with Crippen LogP contribution in [0.3, 0.4) is 0 Å². The van der Waals surface area contributed by atoms with Crippen LogP contribution in [0.2, 0.25) is 0 Å². The summed E-state index contributed by atoms with van der Waals surface area (Å²) in [5.74, 6) is 0.169. The molecule has 2 saturated heterocycles. The van der Waals surface area contributed by atoms with Crippen molar-refractivity contribution in [3.8, 4) is 0 Å². The van der Waals surface area contributed by atoms with E-state index in [4.69, 9.17) is 0 Å². The van der Waals surface area contributed by atoms with Crippen LogP contribution in [0.15, 0.2) is 24.3 Å². The van der Waals surface area contributed by atoms with E-state index in [0.29, 0.717) is 12.1 Å². The van der Waals surface area contributed by atoms with Gasteiger partial charge in [-0.2, -0.15) is 0 Å². The first-order valence-corrected chi connectivity index (χ1v) is 7.46. The summed E-state index contributed by atoms with van der Waals surface area (Å²) in [4.78, 5) is 16.7. The summed E-state index contributed by atoms with van der Waals surface area (Å²) in [5, 5.41) is 3.62. The molecular weight excluding hydrogens is 286 g/mol. The summed E-state index contributed by atoms with van der Waals surface area (Å²) < 4.78 is 0. The van der Waals surface area contributed by atoms with Crippen molar-refractivity contribution in [3.63, 3.8) is 0 Å². The first-order chi connectivity index (χ1) is 9.63. The van der Waals surface area contributed by atoms with E-state index in [-0.39, 0.29) is 18.3 Å². The standard InChI is InChI=1S/C16H23N3O.ClH/c1-18(2)15-5-3-4-12(10-15)16(20)19-9-8-13-6-7-14(11-19)17-13;/h3-5,10,13-14,17H,6-9,11H2,1-2H3;1H. The highest BCUT2D eigenvalue weighted by atomic mass is 35.5. The molecule has 0 saturated carbocycles. The summed E-state index contributed by atoms with van der Waals surface area (Å²) in [7, 11) is 4.00. The van der Waals surface area contributed by atoms with Gasteiger partial charge in [0.2, 0.25) is 0 Å². The maximum absolute atomic E-state index is 12.7. The van der Waals surface area contributed by atoms with E-state index in [1.807, 2.05) is 48.2 Å². The van der Waals surface area contributed by atoms with Gasteiger partial charge in [0.1, 0.15) is 0 Å². The second-order valence-corrected chi connectivity index (χ2v) is 6.12. The second-order valence-electron chi connectivity index (χ2n) is 6.12. The summed E-state index contributed by atoms with van der Waals surface area (Å²) >= 11 is 0. The minimum atomic E-state index is 0. The quantitative estimate of drug-likeness (QED) is 0.909. The Kier molecular flexibility index (Phi) is 5.12. The molecular formula is C16H24ClN3O. The zero-order chi connectivity index (χ0) is 14.1. The number of halogens is 1. The SMILES string of the molecule is CN(C)c1cccc(C(=O)N2CCC3CCC(C2)N3)c1.Cl. The maximum atomic E-state index is 12.7. The zero-order valence-corrected chi connectivity index (χ0v) is 13.5. The van der Waals surface area contributed by atoms with E-state index < -0.39 is 0 Å². The van der Waals surface area contributed by atoms with Crippen LogP contribution in [0.4, 0.5) is 5.69 Å². The number of amides is 1. The third-order valence-electron chi connectivity index (χ3n) is 4.42. The van der Waals surface area contributed by atoms with Crippen molar-refractivity contribution in [2.75, 3.05) is 32.1 Å². The predicted molar refractivity (Wildman–Crippen MR) is 88.5 cm³/mol. The van der Waals surface area contributed by atoms with E-state index in [0.717, 1.165) is 30.8 Å². The number of nitrogens with one attached hydrogen (secondary N) is 1. The molecule has 116 valence electrons. The molecule has 2 atom stereocenters. The molecule has 0 aliphatic carbocycles. The molecule has 2 fully saturated rings. The van der Waals surface area contributed by atoms with E-state index in [2.05, 4.69) is 5.32 Å². The van der Waals surface area contributed by atoms with Crippen molar-refractivity contribution in [1.82, 2.24) is 10.2 Å². The van der Waals surface area contributed by atoms with Crippen molar-refractivity contribution in [1.29, 1.82) is 0 Å². The number of rotatable bonds is 2. The molecule has 1 N–H and O–H groups in total. The van der Waals surface area contributed by atoms with Crippen LogP contribution < -0.4 is 10.2 Å². The van der Waals surface area contributed by atoms with Crippen LogP contribution >= 0.6 is 12.4 Å². The Hall–Kier alpha value is -1.26. The largest absolute Gasteiger partial charge is 0.378 e. The molecule has 0 aromatic heterocycles. The van der Waals surface area contributed by atoms with Gasteiger partial charge in [0.05, 0.1) is 0 Å². The van der Waals surface area contributed by atoms with Gasteiger partial charge in [-0.25, -0.2) is 0 Å². The minimum absolute atomic E-state index is 0. The molecule has 2 unspecified atom stereocenters. The van der Waals surface area contributed by atoms with Gasteiger partial charge in [-0.1, -0.05) is 6.07 Å². The molecule has 0 radical (unpaired) electrons. The first kappa shape index (κ1) is 16.1. The average molecular weight is 310 g/mol. The van der Waals surface area contributed by atoms with Crippen molar-refractivity contribution in [2.24, 2.45) is 0 Å². The van der Waals surface area contributed by atoms with E-state index in [1.54, 1.807) is 0 Å². The molecule has 1 aromatic carbocycles. The monoisotopic (exact) mass is 309 g/mol. The van der Waals surface area contributed by atoms with Crippen LogP contribution in [0.5, 0.6) is 0 Å². The number of anilines is 1. The van der Waals surface area contributed by atoms with Gasteiger partial charge in [-0.3, -0.25) is 4.79 Å². The minimum Gasteiger partial charge on any atom is -0.378 e. The van der Waals surface area contributed by atoms with Crippen molar-refractivity contribution >= 4 is 24.0 Å². The van der Waals surface area contributed by atoms with Crippen molar-refractivity contribution in [3.05, 3.63) is 29.8 Å². The number of likely N-dealkylation sites (tertiary alicyclic amines) is 1. The van der Waals surface area contributed by atoms with Gasteiger partial charge in [0.15, 0.2) is 0 Å². The molecule has 2 aliphatic rings. The molecule has 5 heteroatoms. The molecule has 21 heavy (non-hydrogen) atoms. The number of carbonyl (C=O) groups is 1. The lowest BCUT2D eigenvalue weighted by atomic mass is 10.1. The lowest BCUT2D eigenvalue weighted by molar-refractivity contribution is 0.0748. The zero-order valence-electron chi connectivity index (χ0n) is 12.7. The number of hydrogen-bond donors (Lipinski definition) is 1. The molecule has 4 nitrogen and oxygen atoms in total. The molecule has 2 aliphatic heterocycles. The van der Waals surface area contributed by atoms with Gasteiger partial charge in [0, 0.05) is 50.5 Å². The fraction of sp³-hybridized carbons (Fsp3) is 0.562. The third kappa shape index (κ3) is 3.50. The third-order valence-corrected chi connectivity index (χ3v) is 4.42. The van der Waals surface area contributed by atoms with Crippen LogP contribution in [0, 0.1) is 0 Å². The molecule has 3 rings (SSSR count). The predicted octanol–water partition coefficient (Wildman–Crippen LogP) is 2.14. The Morgan fingerprint density at radius 3 is 2.76 bits per heavy atom. The maximum Gasteiger partial charge on any atom is 0.253 e. The van der Waals surface area contributed by atoms with Gasteiger partial charge < -0.3 is 15.1 Å². The topological polar surface area (TPSA) is 35.6 Å². The first-order valence-electron chi connectivity index (χ1n) is 7.46. The smallest absolute Gasteiger partial charge is 0.253 e. The molecule has 0 spiro atoms. The number of fused-ring (bicyclic) bond motifs is 2. The normalized spacial score (nSPS) is 24.2. The highest BCUT2D eigenvalue weighted by molar-refractivity contribution is 5.95. The van der Waals surface area contributed by atoms with E-state index >= 15 is 0 Å². The molecule has 1 amide bonds. The van der Waals surface area contributed by atoms with Gasteiger partial charge >= 0.3 is 0 Å². The highest BCUT2D eigenvalue weighted by Gasteiger charge is 2.31. The summed E-state index contributed by atoms with van der Waals surface area (Å²) in [6.07, 6.45) is 3.55. The fourth-order valence-electron chi connectivity index (χ4n) is 3.23. The lowest BCUT2D eigenvalue weighted by Crippen LogP contribution is -2.39. The Morgan fingerprint density at radius 2 is 2.00 bits per heavy atom. The molecule has 2 heterocycles. The number of benzene rings is 1. The number of nitrogens with zero attached hydrogens (tertiary/aromatic N) is 2. The van der Waals surface area contributed by atoms with Crippen LogP contribution in [-0.2, 0) is 0 Å². The van der Waals surface area contributed by atoms with Crippen LogP contribution in [0.25, 0.3) is 0 Å². The highest BCUT2D eigenvalue weighted by Crippen LogP contribution is 2.22. The summed E-state index contributed by atoms with van der Waals surface area (Å²) in [6, 6.07) is 9.01. The second kappa shape index (κ2) is 6.67.